The number of Topliss-reactive ketones (excluding diaryl/α,β-unsaturated/α-hetero) is 1. The van der Waals surface area contributed by atoms with E-state index in [0.29, 0.717) is 17.1 Å². The number of benzene rings is 1. The number of ether oxygens (including phenoxy) is 1. The summed E-state index contributed by atoms with van der Waals surface area (Å²) in [7, 11) is 0. The molecule has 1 aromatic carbocycles. The number of hydrogen-bond acceptors (Lipinski definition) is 4. The summed E-state index contributed by atoms with van der Waals surface area (Å²) in [6.07, 6.45) is 0. The standard InChI is InChI=1S/C13H12BrNO3/c1-8-5-11(18-15-8)7-17-13-4-3-10(14)6-12(13)9(2)16/h3-6H,7H2,1-2H3. The monoisotopic (exact) mass is 309 g/mol. The molecule has 2 aromatic rings. The Morgan fingerprint density at radius 2 is 2.22 bits per heavy atom. The molecular weight excluding hydrogens is 298 g/mol. The molecule has 1 aromatic heterocycles. The first-order valence-electron chi connectivity index (χ1n) is 5.42. The lowest BCUT2D eigenvalue weighted by Gasteiger charge is -2.08. The van der Waals surface area contributed by atoms with Crippen molar-refractivity contribution in [3.05, 3.63) is 45.8 Å². The molecule has 0 fully saturated rings. The third-order valence-electron chi connectivity index (χ3n) is 2.37. The summed E-state index contributed by atoms with van der Waals surface area (Å²) in [5.74, 6) is 1.13. The van der Waals surface area contributed by atoms with E-state index in [9.17, 15) is 4.79 Å². The van der Waals surface area contributed by atoms with Gasteiger partial charge in [0.15, 0.2) is 11.5 Å². The van der Waals surface area contributed by atoms with Crippen molar-refractivity contribution < 1.29 is 14.1 Å². The summed E-state index contributed by atoms with van der Waals surface area (Å²) >= 11 is 3.33. The summed E-state index contributed by atoms with van der Waals surface area (Å²) in [4.78, 5) is 11.5. The van der Waals surface area contributed by atoms with E-state index < -0.39 is 0 Å². The van der Waals surface area contributed by atoms with Gasteiger partial charge in [-0.1, -0.05) is 21.1 Å². The van der Waals surface area contributed by atoms with Crippen molar-refractivity contribution in [3.8, 4) is 5.75 Å². The number of rotatable bonds is 4. The lowest BCUT2D eigenvalue weighted by Crippen LogP contribution is -2.01. The third kappa shape index (κ3) is 2.98. The van der Waals surface area contributed by atoms with Gasteiger partial charge in [0.2, 0.25) is 0 Å². The Hall–Kier alpha value is -1.62. The average molecular weight is 310 g/mol. The first-order chi connectivity index (χ1) is 8.56. The quantitative estimate of drug-likeness (QED) is 0.811. The van der Waals surface area contributed by atoms with E-state index >= 15 is 0 Å². The van der Waals surface area contributed by atoms with E-state index in [1.807, 2.05) is 13.0 Å². The molecule has 0 unspecified atom stereocenters. The second-order valence-electron chi connectivity index (χ2n) is 3.92. The molecule has 0 N–H and O–H groups in total. The average Bonchev–Trinajstić information content (AvgIpc) is 2.73. The van der Waals surface area contributed by atoms with Crippen LogP contribution in [0.4, 0.5) is 0 Å². The molecule has 0 amide bonds. The second-order valence-corrected chi connectivity index (χ2v) is 4.84. The maximum atomic E-state index is 11.5. The Bertz CT molecular complexity index is 577. The van der Waals surface area contributed by atoms with Crippen LogP contribution >= 0.6 is 15.9 Å². The fourth-order valence-electron chi connectivity index (χ4n) is 1.54. The molecule has 0 aliphatic heterocycles. The van der Waals surface area contributed by atoms with Gasteiger partial charge in [0.1, 0.15) is 12.4 Å². The molecule has 18 heavy (non-hydrogen) atoms. The zero-order valence-electron chi connectivity index (χ0n) is 10.1. The molecule has 1 heterocycles. The van der Waals surface area contributed by atoms with Crippen LogP contribution in [-0.4, -0.2) is 10.9 Å². The van der Waals surface area contributed by atoms with Crippen molar-refractivity contribution >= 4 is 21.7 Å². The summed E-state index contributed by atoms with van der Waals surface area (Å²) in [5.41, 5.74) is 1.34. The van der Waals surface area contributed by atoms with E-state index in [-0.39, 0.29) is 12.4 Å². The highest BCUT2D eigenvalue weighted by Crippen LogP contribution is 2.24. The van der Waals surface area contributed by atoms with Gasteiger partial charge in [0.25, 0.3) is 0 Å². The number of carbonyl (C=O) groups excluding carboxylic acids is 1. The Balaban J connectivity index is 2.16. The van der Waals surface area contributed by atoms with Gasteiger partial charge in [-0.3, -0.25) is 4.79 Å². The maximum Gasteiger partial charge on any atom is 0.174 e. The van der Waals surface area contributed by atoms with Crippen LogP contribution in [0.3, 0.4) is 0 Å². The third-order valence-corrected chi connectivity index (χ3v) is 2.86. The van der Waals surface area contributed by atoms with Crippen LogP contribution in [0, 0.1) is 6.92 Å². The molecule has 0 bridgehead atoms. The van der Waals surface area contributed by atoms with Crippen LogP contribution in [0.5, 0.6) is 5.75 Å². The van der Waals surface area contributed by atoms with Crippen LogP contribution in [-0.2, 0) is 6.61 Å². The van der Waals surface area contributed by atoms with Gasteiger partial charge in [0, 0.05) is 10.5 Å². The molecule has 0 spiro atoms. The van der Waals surface area contributed by atoms with E-state index in [1.54, 1.807) is 18.2 Å². The van der Waals surface area contributed by atoms with E-state index in [4.69, 9.17) is 9.26 Å². The van der Waals surface area contributed by atoms with Crippen LogP contribution in [0.1, 0.15) is 28.7 Å². The first-order valence-corrected chi connectivity index (χ1v) is 6.21. The minimum Gasteiger partial charge on any atom is -0.485 e. The Labute approximate surface area is 113 Å². The highest BCUT2D eigenvalue weighted by molar-refractivity contribution is 9.10. The lowest BCUT2D eigenvalue weighted by molar-refractivity contribution is 0.101. The normalized spacial score (nSPS) is 10.4. The Kier molecular flexibility index (Phi) is 3.81. The minimum absolute atomic E-state index is 0.0416. The smallest absolute Gasteiger partial charge is 0.174 e. The highest BCUT2D eigenvalue weighted by Gasteiger charge is 2.10. The van der Waals surface area contributed by atoms with E-state index in [0.717, 1.165) is 10.2 Å². The minimum atomic E-state index is -0.0416. The van der Waals surface area contributed by atoms with Crippen LogP contribution in [0.2, 0.25) is 0 Å². The number of aromatic nitrogens is 1. The van der Waals surface area contributed by atoms with Crippen LogP contribution < -0.4 is 4.74 Å². The number of halogens is 1. The molecule has 4 nitrogen and oxygen atoms in total. The highest BCUT2D eigenvalue weighted by atomic mass is 79.9. The topological polar surface area (TPSA) is 52.3 Å². The predicted octanol–water partition coefficient (Wildman–Crippen LogP) is 3.53. The SMILES string of the molecule is CC(=O)c1cc(Br)ccc1OCc1cc(C)no1. The fraction of sp³-hybridized carbons (Fsp3) is 0.231. The number of nitrogens with zero attached hydrogens (tertiary/aromatic N) is 1. The number of carbonyl (C=O) groups is 1. The molecule has 0 radical (unpaired) electrons. The summed E-state index contributed by atoms with van der Waals surface area (Å²) in [6.45, 7) is 3.60. The molecular formula is C13H12BrNO3. The second kappa shape index (κ2) is 5.35. The Morgan fingerprint density at radius 1 is 1.44 bits per heavy atom. The first kappa shape index (κ1) is 12.8. The number of aryl methyl sites for hydroxylation is 1. The van der Waals surface area contributed by atoms with Gasteiger partial charge in [-0.15, -0.1) is 0 Å². The number of hydrogen-bond donors (Lipinski definition) is 0. The van der Waals surface area contributed by atoms with Gasteiger partial charge < -0.3 is 9.26 Å². The zero-order chi connectivity index (χ0) is 13.1. The molecule has 0 aliphatic rings. The van der Waals surface area contributed by atoms with Gasteiger partial charge in [-0.05, 0) is 32.0 Å². The van der Waals surface area contributed by atoms with Crippen molar-refractivity contribution in [2.24, 2.45) is 0 Å². The van der Waals surface area contributed by atoms with Crippen molar-refractivity contribution in [2.75, 3.05) is 0 Å². The Morgan fingerprint density at radius 3 is 2.83 bits per heavy atom. The van der Waals surface area contributed by atoms with Gasteiger partial charge in [-0.2, -0.15) is 0 Å². The number of ketones is 1. The van der Waals surface area contributed by atoms with Crippen LogP contribution in [0.15, 0.2) is 33.3 Å². The largest absolute Gasteiger partial charge is 0.485 e. The lowest BCUT2D eigenvalue weighted by atomic mass is 10.1. The summed E-state index contributed by atoms with van der Waals surface area (Å²) in [5, 5.41) is 3.77. The van der Waals surface area contributed by atoms with Crippen molar-refractivity contribution in [3.63, 3.8) is 0 Å². The summed E-state index contributed by atoms with van der Waals surface area (Å²) < 4.78 is 11.5. The fourth-order valence-corrected chi connectivity index (χ4v) is 1.90. The molecule has 0 aliphatic carbocycles. The predicted molar refractivity (Wildman–Crippen MR) is 69.7 cm³/mol. The van der Waals surface area contributed by atoms with Crippen molar-refractivity contribution in [1.29, 1.82) is 0 Å². The maximum absolute atomic E-state index is 11.5. The molecule has 5 heteroatoms. The molecule has 0 saturated heterocycles. The van der Waals surface area contributed by atoms with E-state index in [1.165, 1.54) is 6.92 Å². The zero-order valence-corrected chi connectivity index (χ0v) is 11.7. The molecule has 94 valence electrons. The van der Waals surface area contributed by atoms with Gasteiger partial charge in [-0.25, -0.2) is 0 Å². The molecule has 2 rings (SSSR count). The molecule has 0 saturated carbocycles. The van der Waals surface area contributed by atoms with Gasteiger partial charge in [0.05, 0.1) is 11.3 Å². The van der Waals surface area contributed by atoms with Crippen molar-refractivity contribution in [2.45, 2.75) is 20.5 Å². The summed E-state index contributed by atoms with van der Waals surface area (Å²) in [6, 6.07) is 7.12. The van der Waals surface area contributed by atoms with Crippen molar-refractivity contribution in [1.82, 2.24) is 5.16 Å². The molecule has 0 atom stereocenters. The van der Waals surface area contributed by atoms with Crippen LogP contribution in [0.25, 0.3) is 0 Å². The van der Waals surface area contributed by atoms with E-state index in [2.05, 4.69) is 21.1 Å². The van der Waals surface area contributed by atoms with Gasteiger partial charge >= 0.3 is 0 Å².